The minimum absolute atomic E-state index is 0.0798. The van der Waals surface area contributed by atoms with Crippen LogP contribution < -0.4 is 0 Å². The van der Waals surface area contributed by atoms with Crippen molar-refractivity contribution in [3.05, 3.63) is 0 Å². The molecule has 1 aliphatic carbocycles. The highest BCUT2D eigenvalue weighted by molar-refractivity contribution is 5.67. The second kappa shape index (κ2) is 2.98. The number of carboxylic acids is 1. The molecule has 3 heteroatoms. The molecule has 0 aromatic rings. The third-order valence-corrected chi connectivity index (χ3v) is 3.70. The van der Waals surface area contributed by atoms with E-state index in [4.69, 9.17) is 5.11 Å². The van der Waals surface area contributed by atoms with Gasteiger partial charge >= 0.3 is 5.97 Å². The molecule has 0 bridgehead atoms. The van der Waals surface area contributed by atoms with Crippen molar-refractivity contribution < 1.29 is 15.0 Å². The largest absolute Gasteiger partial charge is 0.481 e. The predicted molar refractivity (Wildman–Crippen MR) is 49.4 cm³/mol. The van der Waals surface area contributed by atoms with Gasteiger partial charge in [0.1, 0.15) is 0 Å². The van der Waals surface area contributed by atoms with E-state index in [1.165, 1.54) is 0 Å². The first kappa shape index (κ1) is 10.5. The van der Waals surface area contributed by atoms with Crippen LogP contribution in [0.2, 0.25) is 0 Å². The van der Waals surface area contributed by atoms with Crippen molar-refractivity contribution in [1.82, 2.24) is 0 Å². The maximum Gasteiger partial charge on any atom is 0.303 e. The van der Waals surface area contributed by atoms with Crippen LogP contribution in [0.4, 0.5) is 0 Å². The molecule has 0 unspecified atom stereocenters. The summed E-state index contributed by atoms with van der Waals surface area (Å²) in [4.78, 5) is 10.5. The Kier molecular flexibility index (Phi) is 2.41. The molecule has 2 atom stereocenters. The summed E-state index contributed by atoms with van der Waals surface area (Å²) in [5.41, 5.74) is -1.00. The SMILES string of the molecule is CC1(C)CC[C@H](CC(=O)O)[C@]1(C)O. The van der Waals surface area contributed by atoms with Crippen LogP contribution in [0.1, 0.15) is 40.0 Å². The van der Waals surface area contributed by atoms with Gasteiger partial charge in [-0.05, 0) is 31.1 Å². The number of carbonyl (C=O) groups is 1. The van der Waals surface area contributed by atoms with Crippen molar-refractivity contribution in [2.75, 3.05) is 0 Å². The van der Waals surface area contributed by atoms with Gasteiger partial charge in [0.25, 0.3) is 0 Å². The molecule has 1 aliphatic rings. The van der Waals surface area contributed by atoms with Crippen molar-refractivity contribution in [2.45, 2.75) is 45.6 Å². The van der Waals surface area contributed by atoms with Crippen LogP contribution in [-0.4, -0.2) is 21.8 Å². The fraction of sp³-hybridized carbons (Fsp3) is 0.900. The lowest BCUT2D eigenvalue weighted by Gasteiger charge is -2.37. The summed E-state index contributed by atoms with van der Waals surface area (Å²) >= 11 is 0. The third kappa shape index (κ3) is 1.70. The monoisotopic (exact) mass is 186 g/mol. The van der Waals surface area contributed by atoms with E-state index in [1.807, 2.05) is 13.8 Å². The Balaban J connectivity index is 2.76. The number of hydrogen-bond acceptors (Lipinski definition) is 2. The Morgan fingerprint density at radius 1 is 1.46 bits per heavy atom. The summed E-state index contributed by atoms with van der Waals surface area (Å²) < 4.78 is 0. The summed E-state index contributed by atoms with van der Waals surface area (Å²) in [6.07, 6.45) is 1.79. The first-order valence-corrected chi connectivity index (χ1v) is 4.71. The highest BCUT2D eigenvalue weighted by Gasteiger charge is 2.50. The Morgan fingerprint density at radius 2 is 2.00 bits per heavy atom. The van der Waals surface area contributed by atoms with E-state index in [9.17, 15) is 9.90 Å². The molecular formula is C10H18O3. The van der Waals surface area contributed by atoms with E-state index in [-0.39, 0.29) is 17.8 Å². The molecule has 0 saturated heterocycles. The van der Waals surface area contributed by atoms with E-state index in [2.05, 4.69) is 0 Å². The van der Waals surface area contributed by atoms with Crippen molar-refractivity contribution in [3.8, 4) is 0 Å². The Labute approximate surface area is 78.8 Å². The molecule has 1 fully saturated rings. The van der Waals surface area contributed by atoms with Gasteiger partial charge < -0.3 is 10.2 Å². The fourth-order valence-electron chi connectivity index (χ4n) is 2.13. The molecule has 3 nitrogen and oxygen atoms in total. The van der Waals surface area contributed by atoms with Crippen LogP contribution in [0.25, 0.3) is 0 Å². The maximum atomic E-state index is 10.5. The van der Waals surface area contributed by atoms with E-state index in [0.717, 1.165) is 12.8 Å². The van der Waals surface area contributed by atoms with E-state index >= 15 is 0 Å². The number of aliphatic carboxylic acids is 1. The van der Waals surface area contributed by atoms with Gasteiger partial charge in [0.2, 0.25) is 0 Å². The van der Waals surface area contributed by atoms with Gasteiger partial charge in [-0.15, -0.1) is 0 Å². The smallest absolute Gasteiger partial charge is 0.303 e. The standard InChI is InChI=1S/C10H18O3/c1-9(2)5-4-7(6-8(11)12)10(9,3)13/h7,13H,4-6H2,1-3H3,(H,11,12)/t7-,10+/m1/s1. The van der Waals surface area contributed by atoms with Gasteiger partial charge in [-0.2, -0.15) is 0 Å². The summed E-state index contributed by atoms with van der Waals surface area (Å²) in [5.74, 6) is -0.914. The van der Waals surface area contributed by atoms with Crippen molar-refractivity contribution in [1.29, 1.82) is 0 Å². The second-order valence-electron chi connectivity index (χ2n) is 4.86. The Bertz CT molecular complexity index is 218. The molecule has 1 saturated carbocycles. The maximum absolute atomic E-state index is 10.5. The molecule has 0 spiro atoms. The topological polar surface area (TPSA) is 57.5 Å². The third-order valence-electron chi connectivity index (χ3n) is 3.70. The number of carboxylic acid groups (broad SMARTS) is 1. The highest BCUT2D eigenvalue weighted by Crippen LogP contribution is 2.50. The van der Waals surface area contributed by atoms with Crippen LogP contribution in [0, 0.1) is 11.3 Å². The first-order valence-electron chi connectivity index (χ1n) is 4.71. The van der Waals surface area contributed by atoms with Crippen molar-refractivity contribution >= 4 is 5.97 Å². The molecule has 0 aliphatic heterocycles. The molecule has 0 radical (unpaired) electrons. The Hall–Kier alpha value is -0.570. The van der Waals surface area contributed by atoms with Gasteiger partial charge in [0, 0.05) is 0 Å². The second-order valence-corrected chi connectivity index (χ2v) is 4.86. The molecule has 0 aromatic heterocycles. The molecular weight excluding hydrogens is 168 g/mol. The number of hydrogen-bond donors (Lipinski definition) is 2. The summed E-state index contributed by atoms with van der Waals surface area (Å²) in [7, 11) is 0. The zero-order valence-electron chi connectivity index (χ0n) is 8.50. The van der Waals surface area contributed by atoms with Crippen LogP contribution in [-0.2, 0) is 4.79 Å². The molecule has 0 aromatic carbocycles. The molecule has 76 valence electrons. The Morgan fingerprint density at radius 3 is 2.31 bits per heavy atom. The first-order chi connectivity index (χ1) is 5.77. The summed E-state index contributed by atoms with van der Waals surface area (Å²) in [6, 6.07) is 0. The van der Waals surface area contributed by atoms with E-state index < -0.39 is 11.6 Å². The van der Waals surface area contributed by atoms with Crippen LogP contribution in [0.5, 0.6) is 0 Å². The molecule has 1 rings (SSSR count). The van der Waals surface area contributed by atoms with Gasteiger partial charge in [-0.3, -0.25) is 4.79 Å². The average molecular weight is 186 g/mol. The highest BCUT2D eigenvalue weighted by atomic mass is 16.4. The van der Waals surface area contributed by atoms with Gasteiger partial charge in [0.05, 0.1) is 12.0 Å². The number of rotatable bonds is 2. The quantitative estimate of drug-likeness (QED) is 0.689. The molecule has 0 heterocycles. The lowest BCUT2D eigenvalue weighted by atomic mass is 9.75. The van der Waals surface area contributed by atoms with Gasteiger partial charge in [-0.1, -0.05) is 13.8 Å². The fourth-order valence-corrected chi connectivity index (χ4v) is 2.13. The van der Waals surface area contributed by atoms with Crippen molar-refractivity contribution in [3.63, 3.8) is 0 Å². The van der Waals surface area contributed by atoms with Crippen LogP contribution >= 0.6 is 0 Å². The van der Waals surface area contributed by atoms with Crippen LogP contribution in [0.3, 0.4) is 0 Å². The van der Waals surface area contributed by atoms with E-state index in [0.29, 0.717) is 0 Å². The minimum Gasteiger partial charge on any atom is -0.481 e. The number of aliphatic hydroxyl groups is 1. The normalized spacial score (nSPS) is 37.7. The van der Waals surface area contributed by atoms with Gasteiger partial charge in [0.15, 0.2) is 0 Å². The van der Waals surface area contributed by atoms with Gasteiger partial charge in [-0.25, -0.2) is 0 Å². The summed E-state index contributed by atoms with van der Waals surface area (Å²) in [5, 5.41) is 18.8. The van der Waals surface area contributed by atoms with Crippen molar-refractivity contribution in [2.24, 2.45) is 11.3 Å². The zero-order valence-corrected chi connectivity index (χ0v) is 8.50. The average Bonchev–Trinajstić information content (AvgIpc) is 2.11. The zero-order chi connectivity index (χ0) is 10.3. The lowest BCUT2D eigenvalue weighted by Crippen LogP contribution is -2.42. The lowest BCUT2D eigenvalue weighted by molar-refractivity contribution is -0.141. The molecule has 2 N–H and O–H groups in total. The molecule has 13 heavy (non-hydrogen) atoms. The van der Waals surface area contributed by atoms with E-state index in [1.54, 1.807) is 6.92 Å². The summed E-state index contributed by atoms with van der Waals surface area (Å²) in [6.45, 7) is 5.75. The molecule has 0 amide bonds. The predicted octanol–water partition coefficient (Wildman–Crippen LogP) is 1.65. The minimum atomic E-state index is -0.842. The van der Waals surface area contributed by atoms with Crippen LogP contribution in [0.15, 0.2) is 0 Å².